The Bertz CT molecular complexity index is 691. The second kappa shape index (κ2) is 6.21. The van der Waals surface area contributed by atoms with Gasteiger partial charge < -0.3 is 0 Å². The van der Waals surface area contributed by atoms with E-state index in [0.717, 1.165) is 23.7 Å². The highest BCUT2D eigenvalue weighted by Crippen LogP contribution is 2.67. The van der Waals surface area contributed by atoms with Crippen molar-refractivity contribution in [3.8, 4) is 0 Å². The van der Waals surface area contributed by atoms with E-state index in [4.69, 9.17) is 0 Å². The van der Waals surface area contributed by atoms with E-state index < -0.39 is 0 Å². The first-order valence-corrected chi connectivity index (χ1v) is 11.2. The number of rotatable bonds is 1. The molecule has 0 N–H and O–H groups in total. The van der Waals surface area contributed by atoms with Gasteiger partial charge >= 0.3 is 0 Å². The molecule has 1 aromatic rings. The molecule has 1 heterocycles. The number of pyridine rings is 1. The van der Waals surface area contributed by atoms with Gasteiger partial charge in [-0.2, -0.15) is 0 Å². The Morgan fingerprint density at radius 2 is 1.88 bits per heavy atom. The first kappa shape index (κ1) is 17.0. The minimum atomic E-state index is 0.387. The molecular weight excluding hydrogens is 314 g/mol. The van der Waals surface area contributed by atoms with Crippen LogP contribution in [0.3, 0.4) is 0 Å². The Morgan fingerprint density at radius 1 is 0.962 bits per heavy atom. The summed E-state index contributed by atoms with van der Waals surface area (Å²) >= 11 is 0. The summed E-state index contributed by atoms with van der Waals surface area (Å²) in [6.07, 6.45) is 21.2. The van der Waals surface area contributed by atoms with Crippen molar-refractivity contribution in [1.82, 2.24) is 4.98 Å². The van der Waals surface area contributed by atoms with Crippen molar-refractivity contribution in [2.45, 2.75) is 78.1 Å². The number of allylic oxidation sites excluding steroid dienone is 2. The van der Waals surface area contributed by atoms with Crippen molar-refractivity contribution < 1.29 is 0 Å². The molecule has 140 valence electrons. The first-order chi connectivity index (χ1) is 12.6. The topological polar surface area (TPSA) is 12.9 Å². The van der Waals surface area contributed by atoms with Crippen molar-refractivity contribution in [3.05, 3.63) is 36.2 Å². The van der Waals surface area contributed by atoms with Crippen molar-refractivity contribution in [2.75, 3.05) is 0 Å². The molecular formula is C25H35N. The first-order valence-electron chi connectivity index (χ1n) is 11.2. The lowest BCUT2D eigenvalue weighted by atomic mass is 9.46. The van der Waals surface area contributed by atoms with Gasteiger partial charge in [0.25, 0.3) is 0 Å². The fraction of sp³-hybridized carbons (Fsp3) is 0.720. The molecule has 26 heavy (non-hydrogen) atoms. The lowest BCUT2D eigenvalue weighted by Crippen LogP contribution is -2.51. The van der Waals surface area contributed by atoms with E-state index in [1.165, 1.54) is 69.8 Å². The van der Waals surface area contributed by atoms with Gasteiger partial charge in [-0.3, -0.25) is 4.98 Å². The molecule has 1 aromatic heterocycles. The molecule has 4 aliphatic carbocycles. The van der Waals surface area contributed by atoms with Gasteiger partial charge in [-0.25, -0.2) is 0 Å². The lowest BCUT2D eigenvalue weighted by Gasteiger charge is -2.59. The summed E-state index contributed by atoms with van der Waals surface area (Å²) in [6, 6.07) is 4.39. The zero-order chi connectivity index (χ0) is 17.8. The highest BCUT2D eigenvalue weighted by Gasteiger charge is 2.57. The summed E-state index contributed by atoms with van der Waals surface area (Å²) in [5.74, 6) is 3.83. The highest BCUT2D eigenvalue weighted by atomic mass is 14.6. The number of fused-ring (bicyclic) bond motifs is 5. The Morgan fingerprint density at radius 3 is 2.73 bits per heavy atom. The molecule has 6 atom stereocenters. The SMILES string of the molecule is CC12CCC3C(CCC4CCCCCC43C)C1CC=C2c1cccnc1. The van der Waals surface area contributed by atoms with Gasteiger partial charge in [0, 0.05) is 12.4 Å². The van der Waals surface area contributed by atoms with Crippen LogP contribution < -0.4 is 0 Å². The van der Waals surface area contributed by atoms with Gasteiger partial charge in [-0.1, -0.05) is 45.3 Å². The van der Waals surface area contributed by atoms with Gasteiger partial charge in [0.1, 0.15) is 0 Å². The van der Waals surface area contributed by atoms with Crippen molar-refractivity contribution >= 4 is 5.57 Å². The van der Waals surface area contributed by atoms with Crippen molar-refractivity contribution in [3.63, 3.8) is 0 Å². The zero-order valence-electron chi connectivity index (χ0n) is 16.7. The summed E-state index contributed by atoms with van der Waals surface area (Å²) in [4.78, 5) is 4.41. The minimum absolute atomic E-state index is 0.387. The molecule has 0 saturated heterocycles. The summed E-state index contributed by atoms with van der Waals surface area (Å²) in [6.45, 7) is 5.29. The van der Waals surface area contributed by atoms with Crippen molar-refractivity contribution in [1.29, 1.82) is 0 Å². The molecule has 4 aliphatic rings. The molecule has 6 unspecified atom stereocenters. The third-order valence-electron chi connectivity index (χ3n) is 9.39. The van der Waals surface area contributed by atoms with Crippen LogP contribution in [0.2, 0.25) is 0 Å². The molecule has 0 amide bonds. The molecule has 1 heteroatoms. The van der Waals surface area contributed by atoms with E-state index in [0.29, 0.717) is 10.8 Å². The third kappa shape index (κ3) is 2.38. The van der Waals surface area contributed by atoms with E-state index in [-0.39, 0.29) is 0 Å². The average Bonchev–Trinajstić information content (AvgIpc) is 2.88. The van der Waals surface area contributed by atoms with Gasteiger partial charge in [0.05, 0.1) is 0 Å². The van der Waals surface area contributed by atoms with E-state index in [1.54, 1.807) is 5.57 Å². The predicted octanol–water partition coefficient (Wildman–Crippen LogP) is 6.90. The minimum Gasteiger partial charge on any atom is -0.264 e. The molecule has 0 bridgehead atoms. The molecule has 0 radical (unpaired) electrons. The average molecular weight is 350 g/mol. The van der Waals surface area contributed by atoms with E-state index in [2.05, 4.69) is 43.2 Å². The van der Waals surface area contributed by atoms with Crippen LogP contribution in [0.4, 0.5) is 0 Å². The van der Waals surface area contributed by atoms with Gasteiger partial charge in [-0.05, 0) is 96.7 Å². The van der Waals surface area contributed by atoms with Crippen LogP contribution in [0.25, 0.3) is 5.57 Å². The quantitative estimate of drug-likeness (QED) is 0.537. The monoisotopic (exact) mass is 349 g/mol. The second-order valence-electron chi connectivity index (χ2n) is 10.3. The molecule has 0 aliphatic heterocycles. The molecule has 3 fully saturated rings. The Kier molecular flexibility index (Phi) is 4.07. The maximum Gasteiger partial charge on any atom is 0.0343 e. The Balaban J connectivity index is 1.45. The van der Waals surface area contributed by atoms with Crippen LogP contribution in [-0.2, 0) is 0 Å². The van der Waals surface area contributed by atoms with Crippen LogP contribution in [0.1, 0.15) is 83.6 Å². The van der Waals surface area contributed by atoms with E-state index in [9.17, 15) is 0 Å². The van der Waals surface area contributed by atoms with Gasteiger partial charge in [-0.15, -0.1) is 0 Å². The maximum absolute atomic E-state index is 4.41. The van der Waals surface area contributed by atoms with Crippen LogP contribution >= 0.6 is 0 Å². The predicted molar refractivity (Wildman–Crippen MR) is 109 cm³/mol. The Labute approximate surface area is 159 Å². The largest absolute Gasteiger partial charge is 0.264 e. The molecule has 0 aromatic carbocycles. The standard InChI is InChI=1S/C25H35N/c1-24-14-5-3-4-8-19(24)9-10-20-22-12-11-21(18-7-6-16-26-17-18)25(22,2)15-13-23(20)24/h6-7,11,16-17,19-20,22-23H,3-5,8-10,12-15H2,1-2H3. The molecule has 5 rings (SSSR count). The molecule has 3 saturated carbocycles. The van der Waals surface area contributed by atoms with Crippen molar-refractivity contribution in [2.24, 2.45) is 34.5 Å². The molecule has 0 spiro atoms. The van der Waals surface area contributed by atoms with Crippen LogP contribution in [0, 0.1) is 34.5 Å². The number of hydrogen-bond acceptors (Lipinski definition) is 1. The smallest absolute Gasteiger partial charge is 0.0343 e. The number of nitrogens with zero attached hydrogens (tertiary/aromatic N) is 1. The summed E-state index contributed by atoms with van der Waals surface area (Å²) in [7, 11) is 0. The summed E-state index contributed by atoms with van der Waals surface area (Å²) in [5.41, 5.74) is 4.02. The normalized spacial score (nSPS) is 45.1. The molecule has 1 nitrogen and oxygen atoms in total. The van der Waals surface area contributed by atoms with E-state index in [1.807, 2.05) is 6.20 Å². The Hall–Kier alpha value is -1.11. The third-order valence-corrected chi connectivity index (χ3v) is 9.39. The maximum atomic E-state index is 4.41. The number of aromatic nitrogens is 1. The summed E-state index contributed by atoms with van der Waals surface area (Å²) < 4.78 is 0. The second-order valence-corrected chi connectivity index (χ2v) is 10.3. The zero-order valence-corrected chi connectivity index (χ0v) is 16.7. The lowest BCUT2D eigenvalue weighted by molar-refractivity contribution is -0.0808. The highest BCUT2D eigenvalue weighted by molar-refractivity contribution is 5.72. The fourth-order valence-electron chi connectivity index (χ4n) is 8.01. The van der Waals surface area contributed by atoms with Crippen LogP contribution in [0.5, 0.6) is 0 Å². The van der Waals surface area contributed by atoms with Crippen LogP contribution in [-0.4, -0.2) is 4.98 Å². The number of hydrogen-bond donors (Lipinski definition) is 0. The summed E-state index contributed by atoms with van der Waals surface area (Å²) in [5, 5.41) is 0. The fourth-order valence-corrected chi connectivity index (χ4v) is 8.01. The van der Waals surface area contributed by atoms with Gasteiger partial charge in [0.2, 0.25) is 0 Å². The van der Waals surface area contributed by atoms with Gasteiger partial charge in [0.15, 0.2) is 0 Å². The van der Waals surface area contributed by atoms with E-state index >= 15 is 0 Å². The van der Waals surface area contributed by atoms with Crippen LogP contribution in [0.15, 0.2) is 30.6 Å².